The molecule has 0 saturated carbocycles. The Morgan fingerprint density at radius 3 is 2.58 bits per heavy atom. The minimum absolute atomic E-state index is 0.293. The Morgan fingerprint density at radius 1 is 1.21 bits per heavy atom. The van der Waals surface area contributed by atoms with E-state index in [1.54, 1.807) is 37.3 Å². The minimum atomic E-state index is -0.883. The summed E-state index contributed by atoms with van der Waals surface area (Å²) in [5, 5.41) is 10.9. The molecule has 0 amide bonds. The second-order valence-electron chi connectivity index (χ2n) is 4.30. The summed E-state index contributed by atoms with van der Waals surface area (Å²) in [6.45, 7) is 1.66. The zero-order valence-electron chi connectivity index (χ0n) is 10.7. The first kappa shape index (κ1) is 13.8. The maximum Gasteiger partial charge on any atom is 0.126 e. The van der Waals surface area contributed by atoms with E-state index in [1.807, 2.05) is 0 Å². The topological polar surface area (TPSA) is 29.5 Å². The first-order valence-corrected chi connectivity index (χ1v) is 6.18. The minimum Gasteiger partial charge on any atom is -0.496 e. The Bertz CT molecular complexity index is 599. The van der Waals surface area contributed by atoms with Crippen LogP contribution in [0.3, 0.4) is 0 Å². The highest BCUT2D eigenvalue weighted by molar-refractivity contribution is 6.30. The highest BCUT2D eigenvalue weighted by atomic mass is 35.5. The van der Waals surface area contributed by atoms with Gasteiger partial charge in [-0.15, -0.1) is 0 Å². The number of aliphatic hydroxyl groups is 1. The summed E-state index contributed by atoms with van der Waals surface area (Å²) >= 11 is 5.88. The molecule has 0 aliphatic carbocycles. The second kappa shape index (κ2) is 5.59. The molecular formula is C15H14ClFO2. The molecule has 2 aromatic rings. The van der Waals surface area contributed by atoms with Gasteiger partial charge in [0.2, 0.25) is 0 Å². The molecule has 0 fully saturated rings. The van der Waals surface area contributed by atoms with Gasteiger partial charge >= 0.3 is 0 Å². The zero-order valence-corrected chi connectivity index (χ0v) is 11.4. The number of halogens is 2. The van der Waals surface area contributed by atoms with Crippen LogP contribution < -0.4 is 4.74 Å². The molecule has 0 radical (unpaired) electrons. The van der Waals surface area contributed by atoms with Gasteiger partial charge in [-0.2, -0.15) is 0 Å². The molecule has 0 aliphatic rings. The largest absolute Gasteiger partial charge is 0.496 e. The van der Waals surface area contributed by atoms with Crippen LogP contribution in [0.4, 0.5) is 4.39 Å². The Labute approximate surface area is 116 Å². The SMILES string of the molecule is COc1cc(Cl)ccc1C(O)c1ccc(F)c(C)c1. The molecule has 0 saturated heterocycles. The van der Waals surface area contributed by atoms with E-state index in [-0.39, 0.29) is 5.82 Å². The molecule has 1 atom stereocenters. The molecule has 2 rings (SSSR count). The average molecular weight is 281 g/mol. The van der Waals surface area contributed by atoms with E-state index < -0.39 is 6.10 Å². The van der Waals surface area contributed by atoms with Crippen molar-refractivity contribution in [3.05, 3.63) is 63.9 Å². The van der Waals surface area contributed by atoms with E-state index >= 15 is 0 Å². The lowest BCUT2D eigenvalue weighted by Crippen LogP contribution is -2.03. The van der Waals surface area contributed by atoms with Gasteiger partial charge in [0.25, 0.3) is 0 Å². The molecule has 2 aromatic carbocycles. The molecule has 0 heterocycles. The van der Waals surface area contributed by atoms with Crippen molar-refractivity contribution < 1.29 is 14.2 Å². The normalized spacial score (nSPS) is 12.3. The molecule has 0 spiro atoms. The molecule has 1 N–H and O–H groups in total. The second-order valence-corrected chi connectivity index (χ2v) is 4.73. The average Bonchev–Trinajstić information content (AvgIpc) is 2.41. The molecule has 4 heteroatoms. The van der Waals surface area contributed by atoms with Gasteiger partial charge < -0.3 is 9.84 Å². The molecule has 2 nitrogen and oxygen atoms in total. The third kappa shape index (κ3) is 2.88. The number of aryl methyl sites for hydroxylation is 1. The van der Waals surface area contributed by atoms with Crippen LogP contribution >= 0.6 is 11.6 Å². The Hall–Kier alpha value is -1.58. The van der Waals surface area contributed by atoms with Crippen molar-refractivity contribution in [2.45, 2.75) is 13.0 Å². The number of rotatable bonds is 3. The van der Waals surface area contributed by atoms with E-state index in [4.69, 9.17) is 16.3 Å². The summed E-state index contributed by atoms with van der Waals surface area (Å²) in [7, 11) is 1.51. The summed E-state index contributed by atoms with van der Waals surface area (Å²) in [6, 6.07) is 9.53. The quantitative estimate of drug-likeness (QED) is 0.924. The Morgan fingerprint density at radius 2 is 1.95 bits per heavy atom. The summed E-state index contributed by atoms with van der Waals surface area (Å²) in [5.41, 5.74) is 1.70. The van der Waals surface area contributed by atoms with Crippen LogP contribution in [0.1, 0.15) is 22.8 Å². The van der Waals surface area contributed by atoms with Crippen molar-refractivity contribution in [2.75, 3.05) is 7.11 Å². The van der Waals surface area contributed by atoms with Gasteiger partial charge in [0.15, 0.2) is 0 Å². The fourth-order valence-electron chi connectivity index (χ4n) is 1.93. The summed E-state index contributed by atoms with van der Waals surface area (Å²) in [4.78, 5) is 0. The van der Waals surface area contributed by atoms with Gasteiger partial charge in [-0.05, 0) is 36.2 Å². The fraction of sp³-hybridized carbons (Fsp3) is 0.200. The number of hydrogen-bond donors (Lipinski definition) is 1. The zero-order chi connectivity index (χ0) is 14.0. The Kier molecular flexibility index (Phi) is 4.08. The molecule has 0 aliphatic heterocycles. The van der Waals surface area contributed by atoms with Crippen molar-refractivity contribution in [3.8, 4) is 5.75 Å². The summed E-state index contributed by atoms with van der Waals surface area (Å²) < 4.78 is 18.4. The molecule has 1 unspecified atom stereocenters. The predicted molar refractivity (Wildman–Crippen MR) is 73.2 cm³/mol. The third-order valence-electron chi connectivity index (χ3n) is 2.99. The summed E-state index contributed by atoms with van der Waals surface area (Å²) in [5.74, 6) is 0.209. The maximum atomic E-state index is 13.2. The van der Waals surface area contributed by atoms with Crippen molar-refractivity contribution in [3.63, 3.8) is 0 Å². The predicted octanol–water partition coefficient (Wildman–Crippen LogP) is 3.88. The van der Waals surface area contributed by atoms with E-state index in [1.165, 1.54) is 13.2 Å². The number of methoxy groups -OCH3 is 1. The van der Waals surface area contributed by atoms with Crippen LogP contribution in [0.25, 0.3) is 0 Å². The first-order chi connectivity index (χ1) is 9.02. The Balaban J connectivity index is 2.43. The van der Waals surface area contributed by atoms with Crippen molar-refractivity contribution in [2.24, 2.45) is 0 Å². The molecule has 0 aromatic heterocycles. The van der Waals surface area contributed by atoms with Crippen LogP contribution in [-0.2, 0) is 0 Å². The first-order valence-electron chi connectivity index (χ1n) is 5.80. The van der Waals surface area contributed by atoms with Gasteiger partial charge in [-0.1, -0.05) is 29.8 Å². The lowest BCUT2D eigenvalue weighted by Gasteiger charge is -2.16. The molecule has 100 valence electrons. The van der Waals surface area contributed by atoms with E-state index in [0.717, 1.165) is 0 Å². The van der Waals surface area contributed by atoms with Crippen molar-refractivity contribution >= 4 is 11.6 Å². The van der Waals surface area contributed by atoms with Crippen LogP contribution in [0, 0.1) is 12.7 Å². The maximum absolute atomic E-state index is 13.2. The van der Waals surface area contributed by atoms with Crippen LogP contribution in [-0.4, -0.2) is 12.2 Å². The number of benzene rings is 2. The van der Waals surface area contributed by atoms with Crippen molar-refractivity contribution in [1.29, 1.82) is 0 Å². The molecular weight excluding hydrogens is 267 g/mol. The standard InChI is InChI=1S/C15H14ClFO2/c1-9-7-10(3-6-13(9)17)15(18)12-5-4-11(16)8-14(12)19-2/h3-8,15,18H,1-2H3. The van der Waals surface area contributed by atoms with E-state index in [2.05, 4.69) is 0 Å². The summed E-state index contributed by atoms with van der Waals surface area (Å²) in [6.07, 6.45) is -0.883. The molecule has 0 bridgehead atoms. The molecule has 19 heavy (non-hydrogen) atoms. The van der Waals surface area contributed by atoms with Crippen LogP contribution in [0.15, 0.2) is 36.4 Å². The van der Waals surface area contributed by atoms with Gasteiger partial charge in [0.1, 0.15) is 17.7 Å². The lowest BCUT2D eigenvalue weighted by atomic mass is 9.99. The van der Waals surface area contributed by atoms with E-state index in [0.29, 0.717) is 27.5 Å². The van der Waals surface area contributed by atoms with Gasteiger partial charge in [0, 0.05) is 10.6 Å². The fourth-order valence-corrected chi connectivity index (χ4v) is 2.09. The number of hydrogen-bond acceptors (Lipinski definition) is 2. The number of ether oxygens (including phenoxy) is 1. The van der Waals surface area contributed by atoms with Crippen LogP contribution in [0.5, 0.6) is 5.75 Å². The highest BCUT2D eigenvalue weighted by Crippen LogP contribution is 2.32. The van der Waals surface area contributed by atoms with Crippen LogP contribution in [0.2, 0.25) is 5.02 Å². The number of aliphatic hydroxyl groups excluding tert-OH is 1. The van der Waals surface area contributed by atoms with Gasteiger partial charge in [0.05, 0.1) is 7.11 Å². The van der Waals surface area contributed by atoms with Gasteiger partial charge in [-0.3, -0.25) is 0 Å². The van der Waals surface area contributed by atoms with Crippen molar-refractivity contribution in [1.82, 2.24) is 0 Å². The highest BCUT2D eigenvalue weighted by Gasteiger charge is 2.16. The smallest absolute Gasteiger partial charge is 0.126 e. The monoisotopic (exact) mass is 280 g/mol. The van der Waals surface area contributed by atoms with E-state index in [9.17, 15) is 9.50 Å². The third-order valence-corrected chi connectivity index (χ3v) is 3.22. The van der Waals surface area contributed by atoms with Gasteiger partial charge in [-0.25, -0.2) is 4.39 Å². The lowest BCUT2D eigenvalue weighted by molar-refractivity contribution is 0.214.